The van der Waals surface area contributed by atoms with Crippen molar-refractivity contribution in [1.82, 2.24) is 24.7 Å². The summed E-state index contributed by atoms with van der Waals surface area (Å²) in [5.74, 6) is 1.48. The minimum Gasteiger partial charge on any atom is -0.301 e. The van der Waals surface area contributed by atoms with Gasteiger partial charge in [-0.3, -0.25) is 9.48 Å². The van der Waals surface area contributed by atoms with Gasteiger partial charge in [0.1, 0.15) is 12.2 Å². The molecule has 1 N–H and O–H groups in total. The standard InChI is InChI=1S/C11H15N5OS/c1-3-4-8-5-10(17)15-11(14-8)18-6-9-12-7-13-16(9)2/h5,7H,3-4,6H2,1-2H3,(H,14,15,17). The highest BCUT2D eigenvalue weighted by Crippen LogP contribution is 2.16. The Bertz CT molecular complexity index is 577. The summed E-state index contributed by atoms with van der Waals surface area (Å²) in [6, 6.07) is 1.55. The number of hydrogen-bond acceptors (Lipinski definition) is 5. The van der Waals surface area contributed by atoms with Crippen LogP contribution in [0.15, 0.2) is 22.3 Å². The van der Waals surface area contributed by atoms with E-state index < -0.39 is 0 Å². The van der Waals surface area contributed by atoms with E-state index >= 15 is 0 Å². The van der Waals surface area contributed by atoms with Crippen molar-refractivity contribution in [2.75, 3.05) is 0 Å². The second-order valence-corrected chi connectivity index (χ2v) is 4.84. The predicted molar refractivity (Wildman–Crippen MR) is 69.4 cm³/mol. The molecular formula is C11H15N5OS. The molecule has 0 fully saturated rings. The van der Waals surface area contributed by atoms with Crippen LogP contribution in [0.3, 0.4) is 0 Å². The lowest BCUT2D eigenvalue weighted by Gasteiger charge is -2.03. The number of hydrogen-bond donors (Lipinski definition) is 1. The molecule has 2 aromatic rings. The van der Waals surface area contributed by atoms with Gasteiger partial charge >= 0.3 is 0 Å². The van der Waals surface area contributed by atoms with E-state index in [4.69, 9.17) is 0 Å². The molecule has 0 saturated heterocycles. The number of rotatable bonds is 5. The van der Waals surface area contributed by atoms with E-state index in [2.05, 4.69) is 27.0 Å². The Hall–Kier alpha value is -1.63. The monoisotopic (exact) mass is 265 g/mol. The van der Waals surface area contributed by atoms with Crippen LogP contribution in [-0.4, -0.2) is 24.7 Å². The normalized spacial score (nSPS) is 10.8. The summed E-state index contributed by atoms with van der Waals surface area (Å²) in [7, 11) is 1.84. The maximum absolute atomic E-state index is 11.5. The fourth-order valence-electron chi connectivity index (χ4n) is 1.52. The van der Waals surface area contributed by atoms with Crippen molar-refractivity contribution >= 4 is 11.8 Å². The molecule has 0 unspecified atom stereocenters. The number of aromatic nitrogens is 5. The molecule has 7 heteroatoms. The van der Waals surface area contributed by atoms with E-state index in [1.54, 1.807) is 10.7 Å². The third-order valence-corrected chi connectivity index (χ3v) is 3.29. The number of nitrogens with zero attached hydrogens (tertiary/aromatic N) is 4. The average Bonchev–Trinajstić information content (AvgIpc) is 2.72. The van der Waals surface area contributed by atoms with Crippen molar-refractivity contribution in [2.45, 2.75) is 30.7 Å². The van der Waals surface area contributed by atoms with E-state index in [9.17, 15) is 4.79 Å². The third kappa shape index (κ3) is 3.19. The minimum absolute atomic E-state index is 0.103. The van der Waals surface area contributed by atoms with Crippen molar-refractivity contribution in [2.24, 2.45) is 7.05 Å². The van der Waals surface area contributed by atoms with Gasteiger partial charge in [-0.05, 0) is 6.42 Å². The Kier molecular flexibility index (Phi) is 4.14. The first kappa shape index (κ1) is 12.8. The van der Waals surface area contributed by atoms with E-state index in [0.717, 1.165) is 24.4 Å². The van der Waals surface area contributed by atoms with Gasteiger partial charge < -0.3 is 4.98 Å². The number of nitrogens with one attached hydrogen (secondary N) is 1. The van der Waals surface area contributed by atoms with Crippen LogP contribution in [0, 0.1) is 0 Å². The molecule has 0 spiro atoms. The molecule has 0 saturated carbocycles. The van der Waals surface area contributed by atoms with Crippen LogP contribution in [-0.2, 0) is 19.2 Å². The smallest absolute Gasteiger partial charge is 0.251 e. The van der Waals surface area contributed by atoms with Crippen LogP contribution in [0.25, 0.3) is 0 Å². The number of aromatic amines is 1. The highest BCUT2D eigenvalue weighted by atomic mass is 32.2. The molecule has 2 aromatic heterocycles. The van der Waals surface area contributed by atoms with Crippen molar-refractivity contribution in [3.63, 3.8) is 0 Å². The fraction of sp³-hybridized carbons (Fsp3) is 0.455. The first-order valence-electron chi connectivity index (χ1n) is 5.75. The molecule has 6 nitrogen and oxygen atoms in total. The van der Waals surface area contributed by atoms with Crippen molar-refractivity contribution in [1.29, 1.82) is 0 Å². The van der Waals surface area contributed by atoms with Crippen LogP contribution < -0.4 is 5.56 Å². The number of H-pyrrole nitrogens is 1. The molecule has 0 radical (unpaired) electrons. The lowest BCUT2D eigenvalue weighted by molar-refractivity contribution is 0.729. The largest absolute Gasteiger partial charge is 0.301 e. The highest BCUT2D eigenvalue weighted by molar-refractivity contribution is 7.98. The van der Waals surface area contributed by atoms with E-state index in [-0.39, 0.29) is 5.56 Å². The minimum atomic E-state index is -0.103. The maximum atomic E-state index is 11.5. The summed E-state index contributed by atoms with van der Waals surface area (Å²) >= 11 is 1.46. The molecule has 18 heavy (non-hydrogen) atoms. The molecule has 0 atom stereocenters. The molecule has 2 heterocycles. The summed E-state index contributed by atoms with van der Waals surface area (Å²) in [4.78, 5) is 22.7. The van der Waals surface area contributed by atoms with Crippen LogP contribution in [0.4, 0.5) is 0 Å². The molecule has 0 aliphatic carbocycles. The Morgan fingerprint density at radius 1 is 1.50 bits per heavy atom. The third-order valence-electron chi connectivity index (χ3n) is 2.42. The first-order valence-corrected chi connectivity index (χ1v) is 6.73. The van der Waals surface area contributed by atoms with E-state index in [1.165, 1.54) is 18.1 Å². The number of thioether (sulfide) groups is 1. The van der Waals surface area contributed by atoms with Crippen LogP contribution >= 0.6 is 11.8 Å². The van der Waals surface area contributed by atoms with Crippen molar-refractivity contribution in [3.8, 4) is 0 Å². The molecule has 2 rings (SSSR count). The van der Waals surface area contributed by atoms with Gasteiger partial charge in [0.2, 0.25) is 0 Å². The molecule has 0 amide bonds. The van der Waals surface area contributed by atoms with Gasteiger partial charge in [-0.15, -0.1) is 0 Å². The van der Waals surface area contributed by atoms with Gasteiger partial charge in [0.15, 0.2) is 5.16 Å². The summed E-state index contributed by atoms with van der Waals surface area (Å²) in [6.45, 7) is 2.06. The van der Waals surface area contributed by atoms with Crippen molar-refractivity contribution in [3.05, 3.63) is 34.3 Å². The van der Waals surface area contributed by atoms with Gasteiger partial charge in [0.05, 0.1) is 5.75 Å². The summed E-state index contributed by atoms with van der Waals surface area (Å²) in [5, 5.41) is 4.63. The molecule has 0 aliphatic heterocycles. The maximum Gasteiger partial charge on any atom is 0.251 e. The van der Waals surface area contributed by atoms with Gasteiger partial charge in [0.25, 0.3) is 5.56 Å². The van der Waals surface area contributed by atoms with Crippen LogP contribution in [0.2, 0.25) is 0 Å². The van der Waals surface area contributed by atoms with Gasteiger partial charge in [-0.1, -0.05) is 25.1 Å². The fourth-order valence-corrected chi connectivity index (χ4v) is 2.40. The molecule has 0 aliphatic rings. The Morgan fingerprint density at radius 2 is 2.33 bits per heavy atom. The van der Waals surface area contributed by atoms with Crippen LogP contribution in [0.1, 0.15) is 24.9 Å². The Balaban J connectivity index is 2.09. The van der Waals surface area contributed by atoms with Crippen molar-refractivity contribution < 1.29 is 0 Å². The molecular weight excluding hydrogens is 250 g/mol. The van der Waals surface area contributed by atoms with Gasteiger partial charge in [-0.2, -0.15) is 5.10 Å². The summed E-state index contributed by atoms with van der Waals surface area (Å²) < 4.78 is 1.71. The van der Waals surface area contributed by atoms with Gasteiger partial charge in [0, 0.05) is 18.8 Å². The quantitative estimate of drug-likeness (QED) is 0.648. The van der Waals surface area contributed by atoms with E-state index in [1.807, 2.05) is 7.05 Å². The number of aryl methyl sites for hydroxylation is 2. The Morgan fingerprint density at radius 3 is 3.00 bits per heavy atom. The highest BCUT2D eigenvalue weighted by Gasteiger charge is 2.05. The second-order valence-electron chi connectivity index (χ2n) is 3.88. The zero-order valence-corrected chi connectivity index (χ0v) is 11.2. The molecule has 96 valence electrons. The van der Waals surface area contributed by atoms with Crippen LogP contribution in [0.5, 0.6) is 0 Å². The Labute approximate surface area is 109 Å². The SMILES string of the molecule is CCCc1cc(=O)[nH]c(SCc2ncnn2C)n1. The lowest BCUT2D eigenvalue weighted by atomic mass is 10.2. The topological polar surface area (TPSA) is 76.5 Å². The first-order chi connectivity index (χ1) is 8.69. The second kappa shape index (κ2) is 5.81. The average molecular weight is 265 g/mol. The zero-order chi connectivity index (χ0) is 13.0. The molecule has 0 aromatic carbocycles. The zero-order valence-electron chi connectivity index (χ0n) is 10.4. The van der Waals surface area contributed by atoms with E-state index in [0.29, 0.717) is 10.9 Å². The summed E-state index contributed by atoms with van der Waals surface area (Å²) in [5.41, 5.74) is 0.732. The lowest BCUT2D eigenvalue weighted by Crippen LogP contribution is -2.10. The summed E-state index contributed by atoms with van der Waals surface area (Å²) in [6.07, 6.45) is 3.31. The van der Waals surface area contributed by atoms with Gasteiger partial charge in [-0.25, -0.2) is 9.97 Å². The molecule has 0 bridgehead atoms. The predicted octanol–water partition coefficient (Wildman–Crippen LogP) is 1.14.